The summed E-state index contributed by atoms with van der Waals surface area (Å²) in [5, 5.41) is 3.59. The molecular weight excluding hydrogens is 512 g/mol. The van der Waals surface area contributed by atoms with Gasteiger partial charge in [0, 0.05) is 52.0 Å². The van der Waals surface area contributed by atoms with Gasteiger partial charge in [0.15, 0.2) is 0 Å². The maximum atomic E-state index is 13.6. The van der Waals surface area contributed by atoms with Crippen molar-refractivity contribution in [2.75, 3.05) is 44.0 Å². The lowest BCUT2D eigenvalue weighted by Crippen LogP contribution is -2.46. The SMILES string of the molecule is CN(C)c1nccc(N2CCC(N(C)C(=O)c3ccc4c(c3)[C@H](NC(=O)c3ccccc3Cl)CCC4)CC2)n1. The van der Waals surface area contributed by atoms with E-state index in [1.807, 2.05) is 61.3 Å². The third kappa shape index (κ3) is 5.86. The van der Waals surface area contributed by atoms with Crippen molar-refractivity contribution in [3.8, 4) is 0 Å². The zero-order chi connectivity index (χ0) is 27.5. The van der Waals surface area contributed by atoms with E-state index >= 15 is 0 Å². The highest BCUT2D eigenvalue weighted by Gasteiger charge is 2.29. The zero-order valence-corrected chi connectivity index (χ0v) is 23.5. The van der Waals surface area contributed by atoms with Crippen molar-refractivity contribution in [2.24, 2.45) is 0 Å². The second-order valence-corrected chi connectivity index (χ2v) is 11.0. The fourth-order valence-corrected chi connectivity index (χ4v) is 5.77. The van der Waals surface area contributed by atoms with E-state index in [0.29, 0.717) is 22.1 Å². The number of nitrogens with zero attached hydrogens (tertiary/aromatic N) is 5. The van der Waals surface area contributed by atoms with Crippen molar-refractivity contribution in [1.29, 1.82) is 0 Å². The van der Waals surface area contributed by atoms with Crippen LogP contribution in [0, 0.1) is 0 Å². The van der Waals surface area contributed by atoms with Crippen LogP contribution >= 0.6 is 11.6 Å². The minimum Gasteiger partial charge on any atom is -0.356 e. The molecular formula is C30H35ClN6O2. The first kappa shape index (κ1) is 26.9. The molecule has 1 aliphatic carbocycles. The van der Waals surface area contributed by atoms with Gasteiger partial charge in [-0.3, -0.25) is 9.59 Å². The van der Waals surface area contributed by atoms with Gasteiger partial charge in [-0.05, 0) is 73.6 Å². The molecule has 1 atom stereocenters. The number of piperidine rings is 1. The number of rotatable bonds is 6. The Labute approximate surface area is 235 Å². The maximum Gasteiger partial charge on any atom is 0.253 e. The summed E-state index contributed by atoms with van der Waals surface area (Å²) in [6, 6.07) is 14.9. The second kappa shape index (κ2) is 11.6. The van der Waals surface area contributed by atoms with Crippen LogP contribution in [-0.2, 0) is 6.42 Å². The Hall–Kier alpha value is -3.65. The number of fused-ring (bicyclic) bond motifs is 1. The van der Waals surface area contributed by atoms with E-state index < -0.39 is 0 Å². The molecule has 2 amide bonds. The molecule has 1 aromatic heterocycles. The Balaban J connectivity index is 1.26. The average Bonchev–Trinajstić information content (AvgIpc) is 2.96. The third-order valence-electron chi connectivity index (χ3n) is 7.82. The van der Waals surface area contributed by atoms with Gasteiger partial charge in [-0.15, -0.1) is 0 Å². The van der Waals surface area contributed by atoms with E-state index in [1.165, 1.54) is 5.56 Å². The fourth-order valence-electron chi connectivity index (χ4n) is 5.55. The lowest BCUT2D eigenvalue weighted by atomic mass is 9.86. The van der Waals surface area contributed by atoms with Crippen molar-refractivity contribution in [3.05, 3.63) is 82.0 Å². The van der Waals surface area contributed by atoms with Crippen LogP contribution in [0.1, 0.15) is 63.6 Å². The first-order valence-electron chi connectivity index (χ1n) is 13.5. The predicted molar refractivity (Wildman–Crippen MR) is 155 cm³/mol. The van der Waals surface area contributed by atoms with E-state index in [9.17, 15) is 9.59 Å². The standard InChI is InChI=1S/C30H35ClN6O2/c1-35(2)30-32-16-13-27(34-30)37-17-14-22(15-18-37)36(3)29(39)21-12-11-20-7-6-10-26(24(20)19-21)33-28(38)23-8-4-5-9-25(23)31/h4-5,8-9,11-13,16,19,22,26H,6-7,10,14-15,17-18H2,1-3H3,(H,33,38)/t26-/m1/s1. The van der Waals surface area contributed by atoms with E-state index in [0.717, 1.165) is 56.6 Å². The number of aromatic nitrogens is 2. The molecule has 0 unspecified atom stereocenters. The molecule has 204 valence electrons. The molecule has 0 spiro atoms. The van der Waals surface area contributed by atoms with Crippen LogP contribution in [0.15, 0.2) is 54.7 Å². The van der Waals surface area contributed by atoms with Crippen LogP contribution in [0.2, 0.25) is 5.02 Å². The van der Waals surface area contributed by atoms with Crippen molar-refractivity contribution in [3.63, 3.8) is 0 Å². The van der Waals surface area contributed by atoms with Crippen LogP contribution in [0.5, 0.6) is 0 Å². The lowest BCUT2D eigenvalue weighted by Gasteiger charge is -2.37. The van der Waals surface area contributed by atoms with Gasteiger partial charge in [0.2, 0.25) is 5.95 Å². The largest absolute Gasteiger partial charge is 0.356 e. The summed E-state index contributed by atoms with van der Waals surface area (Å²) in [6.07, 6.45) is 6.27. The number of amides is 2. The number of benzene rings is 2. The number of anilines is 2. The van der Waals surface area contributed by atoms with Crippen LogP contribution < -0.4 is 15.1 Å². The number of halogens is 1. The Kier molecular flexibility index (Phi) is 8.02. The van der Waals surface area contributed by atoms with E-state index in [1.54, 1.807) is 24.4 Å². The van der Waals surface area contributed by atoms with Crippen molar-refractivity contribution >= 4 is 35.2 Å². The van der Waals surface area contributed by atoms with Crippen LogP contribution in [0.4, 0.5) is 11.8 Å². The van der Waals surface area contributed by atoms with Gasteiger partial charge in [0.05, 0.1) is 16.6 Å². The molecule has 2 aliphatic rings. The number of hydrogen-bond acceptors (Lipinski definition) is 6. The summed E-state index contributed by atoms with van der Waals surface area (Å²) < 4.78 is 0. The molecule has 5 rings (SSSR count). The Morgan fingerprint density at radius 1 is 1.03 bits per heavy atom. The summed E-state index contributed by atoms with van der Waals surface area (Å²) in [4.78, 5) is 41.6. The molecule has 1 saturated heterocycles. The van der Waals surface area contributed by atoms with E-state index in [-0.39, 0.29) is 23.9 Å². The van der Waals surface area contributed by atoms with Gasteiger partial charge in [-0.25, -0.2) is 4.98 Å². The number of nitrogens with one attached hydrogen (secondary N) is 1. The lowest BCUT2D eigenvalue weighted by molar-refractivity contribution is 0.0709. The molecule has 39 heavy (non-hydrogen) atoms. The summed E-state index contributed by atoms with van der Waals surface area (Å²) in [7, 11) is 5.76. The molecule has 8 nitrogen and oxygen atoms in total. The number of aryl methyl sites for hydroxylation is 1. The van der Waals surface area contributed by atoms with Crippen LogP contribution in [0.25, 0.3) is 0 Å². The molecule has 2 aromatic carbocycles. The Morgan fingerprint density at radius 3 is 2.54 bits per heavy atom. The smallest absolute Gasteiger partial charge is 0.253 e. The molecule has 0 radical (unpaired) electrons. The third-order valence-corrected chi connectivity index (χ3v) is 8.15. The first-order valence-corrected chi connectivity index (χ1v) is 13.9. The van der Waals surface area contributed by atoms with Gasteiger partial charge < -0.3 is 20.0 Å². The molecule has 0 saturated carbocycles. The number of carbonyl (C=O) groups excluding carboxylic acids is 2. The van der Waals surface area contributed by atoms with Gasteiger partial charge in [-0.2, -0.15) is 4.98 Å². The minimum absolute atomic E-state index is 0.00920. The average molecular weight is 547 g/mol. The molecule has 9 heteroatoms. The molecule has 0 bridgehead atoms. The van der Waals surface area contributed by atoms with Gasteiger partial charge in [-0.1, -0.05) is 29.8 Å². The summed E-state index contributed by atoms with van der Waals surface area (Å²) >= 11 is 6.25. The molecule has 1 N–H and O–H groups in total. The Bertz CT molecular complexity index is 1350. The van der Waals surface area contributed by atoms with Gasteiger partial charge in [0.1, 0.15) is 5.82 Å². The first-order chi connectivity index (χ1) is 18.8. The minimum atomic E-state index is -0.194. The topological polar surface area (TPSA) is 81.7 Å². The van der Waals surface area contributed by atoms with Crippen LogP contribution in [-0.4, -0.2) is 67.0 Å². The highest BCUT2D eigenvalue weighted by Crippen LogP contribution is 2.32. The maximum absolute atomic E-state index is 13.6. The molecule has 3 aromatic rings. The number of carbonyl (C=O) groups is 2. The monoisotopic (exact) mass is 546 g/mol. The Morgan fingerprint density at radius 2 is 1.79 bits per heavy atom. The quantitative estimate of drug-likeness (QED) is 0.481. The van der Waals surface area contributed by atoms with E-state index in [4.69, 9.17) is 11.6 Å². The fraction of sp³-hybridized carbons (Fsp3) is 0.400. The zero-order valence-electron chi connectivity index (χ0n) is 22.7. The van der Waals surface area contributed by atoms with Crippen molar-refractivity contribution < 1.29 is 9.59 Å². The highest BCUT2D eigenvalue weighted by molar-refractivity contribution is 6.33. The molecule has 2 heterocycles. The van der Waals surface area contributed by atoms with Gasteiger partial charge in [0.25, 0.3) is 11.8 Å². The van der Waals surface area contributed by atoms with Gasteiger partial charge >= 0.3 is 0 Å². The molecule has 1 aliphatic heterocycles. The normalized spacial score (nSPS) is 17.3. The summed E-state index contributed by atoms with van der Waals surface area (Å²) in [5.41, 5.74) is 3.32. The second-order valence-electron chi connectivity index (χ2n) is 10.6. The predicted octanol–water partition coefficient (Wildman–Crippen LogP) is 4.74. The summed E-state index contributed by atoms with van der Waals surface area (Å²) in [5.74, 6) is 1.42. The van der Waals surface area contributed by atoms with Crippen molar-refractivity contribution in [2.45, 2.75) is 44.2 Å². The molecule has 1 fully saturated rings. The summed E-state index contributed by atoms with van der Waals surface area (Å²) in [6.45, 7) is 1.65. The van der Waals surface area contributed by atoms with Crippen LogP contribution in [0.3, 0.4) is 0 Å². The van der Waals surface area contributed by atoms with Crippen molar-refractivity contribution in [1.82, 2.24) is 20.2 Å². The highest BCUT2D eigenvalue weighted by atomic mass is 35.5. The number of hydrogen-bond donors (Lipinski definition) is 1. The van der Waals surface area contributed by atoms with E-state index in [2.05, 4.69) is 20.2 Å².